The second-order valence-electron chi connectivity index (χ2n) is 8.22. The minimum absolute atomic E-state index is 0.00933. The van der Waals surface area contributed by atoms with Gasteiger partial charge in [-0.3, -0.25) is 9.59 Å². The van der Waals surface area contributed by atoms with Gasteiger partial charge >= 0.3 is 5.97 Å². The summed E-state index contributed by atoms with van der Waals surface area (Å²) < 4.78 is 13.4. The van der Waals surface area contributed by atoms with Crippen molar-refractivity contribution in [1.29, 1.82) is 0 Å². The number of halogens is 1. The number of H-pyrrole nitrogens is 1. The van der Waals surface area contributed by atoms with Gasteiger partial charge in [-0.1, -0.05) is 12.8 Å². The first-order chi connectivity index (χ1) is 13.5. The highest BCUT2D eigenvalue weighted by molar-refractivity contribution is 5.79. The maximum Gasteiger partial charge on any atom is 0.303 e. The van der Waals surface area contributed by atoms with Gasteiger partial charge in [-0.15, -0.1) is 0 Å². The maximum atomic E-state index is 13.4. The Labute approximate surface area is 163 Å². The smallest absolute Gasteiger partial charge is 0.303 e. The van der Waals surface area contributed by atoms with E-state index in [1.807, 2.05) is 4.90 Å². The number of nitrogens with one attached hydrogen (secondary N) is 1. The lowest BCUT2D eigenvalue weighted by Gasteiger charge is -2.39. The van der Waals surface area contributed by atoms with E-state index in [0.29, 0.717) is 37.0 Å². The molecule has 2 aromatic rings. The number of aromatic amines is 1. The Bertz CT molecular complexity index is 875. The molecule has 150 valence electrons. The molecule has 6 nitrogen and oxygen atoms in total. The molecule has 2 unspecified atom stereocenters. The fraction of sp³-hybridized carbons (Fsp3) is 0.571. The molecule has 0 radical (unpaired) electrons. The number of nitrogens with zero attached hydrogens (tertiary/aromatic N) is 2. The lowest BCUT2D eigenvalue weighted by molar-refractivity contribution is -0.141. The van der Waals surface area contributed by atoms with E-state index >= 15 is 0 Å². The number of aromatic nitrogens is 2. The molecular formula is C21H26FN3O3. The van der Waals surface area contributed by atoms with Gasteiger partial charge in [0.25, 0.3) is 0 Å². The highest BCUT2D eigenvalue weighted by Gasteiger charge is 2.36. The largest absolute Gasteiger partial charge is 0.481 e. The van der Waals surface area contributed by atoms with Gasteiger partial charge in [-0.2, -0.15) is 0 Å². The van der Waals surface area contributed by atoms with Crippen LogP contribution in [0, 0.1) is 23.6 Å². The van der Waals surface area contributed by atoms with Gasteiger partial charge < -0.3 is 15.0 Å². The van der Waals surface area contributed by atoms with Crippen LogP contribution in [0.25, 0.3) is 11.0 Å². The molecule has 1 amide bonds. The van der Waals surface area contributed by atoms with E-state index in [9.17, 15) is 19.1 Å². The third-order valence-corrected chi connectivity index (χ3v) is 6.29. The van der Waals surface area contributed by atoms with Crippen molar-refractivity contribution < 1.29 is 19.1 Å². The molecule has 0 spiro atoms. The number of rotatable bonds is 5. The van der Waals surface area contributed by atoms with Crippen LogP contribution in [0.4, 0.5) is 4.39 Å². The fourth-order valence-electron chi connectivity index (χ4n) is 4.82. The summed E-state index contributed by atoms with van der Waals surface area (Å²) in [5.74, 6) is -0.0182. The van der Waals surface area contributed by atoms with Crippen LogP contribution in [0.3, 0.4) is 0 Å². The molecule has 2 N–H and O–H groups in total. The van der Waals surface area contributed by atoms with Crippen LogP contribution in [0.5, 0.6) is 0 Å². The normalized spacial score (nSPS) is 23.4. The van der Waals surface area contributed by atoms with Gasteiger partial charge in [0.2, 0.25) is 5.91 Å². The van der Waals surface area contributed by atoms with E-state index in [4.69, 9.17) is 0 Å². The second kappa shape index (κ2) is 7.89. The maximum absolute atomic E-state index is 13.4. The number of carbonyl (C=O) groups is 2. The number of benzene rings is 1. The number of carbonyl (C=O) groups excluding carboxylic acids is 1. The zero-order valence-corrected chi connectivity index (χ0v) is 15.9. The summed E-state index contributed by atoms with van der Waals surface area (Å²) in [7, 11) is 0. The van der Waals surface area contributed by atoms with Crippen molar-refractivity contribution in [3.05, 3.63) is 29.8 Å². The first-order valence-electron chi connectivity index (χ1n) is 10.1. The van der Waals surface area contributed by atoms with Crippen molar-refractivity contribution >= 4 is 22.9 Å². The molecule has 2 heterocycles. The third-order valence-electron chi connectivity index (χ3n) is 6.29. The van der Waals surface area contributed by atoms with Crippen LogP contribution >= 0.6 is 0 Å². The number of hydrogen-bond donors (Lipinski definition) is 2. The standard InChI is InChI=1S/C21H26FN3O3/c22-16-5-6-17-18(11-16)24-19(23-17)9-15-12-25(8-7-14(15)10-20(26)27)21(28)13-3-1-2-4-13/h5-6,11,13-15H,1-4,7-10,12H2,(H,23,24)(H,26,27). The molecule has 7 heteroatoms. The van der Waals surface area contributed by atoms with Crippen LogP contribution < -0.4 is 0 Å². The summed E-state index contributed by atoms with van der Waals surface area (Å²) in [6.07, 6.45) is 5.52. The quantitative estimate of drug-likeness (QED) is 0.824. The monoisotopic (exact) mass is 387 g/mol. The first-order valence-corrected chi connectivity index (χ1v) is 10.1. The van der Waals surface area contributed by atoms with Crippen molar-refractivity contribution in [3.8, 4) is 0 Å². The van der Waals surface area contributed by atoms with Gasteiger partial charge in [0.15, 0.2) is 0 Å². The van der Waals surface area contributed by atoms with Gasteiger partial charge in [0.1, 0.15) is 11.6 Å². The zero-order chi connectivity index (χ0) is 19.7. The van der Waals surface area contributed by atoms with E-state index in [-0.39, 0.29) is 35.9 Å². The Morgan fingerprint density at radius 2 is 2.00 bits per heavy atom. The summed E-state index contributed by atoms with van der Waals surface area (Å²) in [6, 6.07) is 4.43. The molecule has 4 rings (SSSR count). The van der Waals surface area contributed by atoms with Crippen LogP contribution in [0.15, 0.2) is 18.2 Å². The molecule has 1 saturated carbocycles. The van der Waals surface area contributed by atoms with Crippen molar-refractivity contribution in [1.82, 2.24) is 14.9 Å². The highest BCUT2D eigenvalue weighted by atomic mass is 19.1. The zero-order valence-electron chi connectivity index (χ0n) is 15.9. The van der Waals surface area contributed by atoms with Gasteiger partial charge in [0, 0.05) is 31.8 Å². The van der Waals surface area contributed by atoms with Crippen LogP contribution in [-0.2, 0) is 16.0 Å². The number of piperidine rings is 1. The average Bonchev–Trinajstić information content (AvgIpc) is 3.31. The molecular weight excluding hydrogens is 361 g/mol. The van der Waals surface area contributed by atoms with E-state index in [0.717, 1.165) is 31.5 Å². The molecule has 0 bridgehead atoms. The lowest BCUT2D eigenvalue weighted by atomic mass is 9.80. The third kappa shape index (κ3) is 4.03. The number of aliphatic carboxylic acids is 1. The lowest BCUT2D eigenvalue weighted by Crippen LogP contribution is -2.46. The molecule has 2 atom stereocenters. The van der Waals surface area contributed by atoms with Crippen molar-refractivity contribution in [2.45, 2.75) is 44.9 Å². The average molecular weight is 387 g/mol. The molecule has 28 heavy (non-hydrogen) atoms. The van der Waals surface area contributed by atoms with Crippen LogP contribution in [-0.4, -0.2) is 44.9 Å². The van der Waals surface area contributed by atoms with Gasteiger partial charge in [-0.05, 0) is 49.3 Å². The summed E-state index contributed by atoms with van der Waals surface area (Å²) in [5.41, 5.74) is 1.33. The topological polar surface area (TPSA) is 86.3 Å². The SMILES string of the molecule is O=C(O)CC1CCN(C(=O)C2CCCC2)CC1Cc1nc2ccc(F)cc2[nH]1. The number of carboxylic acids is 1. The number of carboxylic acid groups (broad SMARTS) is 1. The van der Waals surface area contributed by atoms with E-state index in [1.54, 1.807) is 6.07 Å². The molecule has 1 aromatic heterocycles. The minimum atomic E-state index is -0.808. The first kappa shape index (κ1) is 18.9. The molecule has 1 aromatic carbocycles. The predicted molar refractivity (Wildman–Crippen MR) is 102 cm³/mol. The van der Waals surface area contributed by atoms with E-state index in [1.165, 1.54) is 12.1 Å². The number of hydrogen-bond acceptors (Lipinski definition) is 3. The predicted octanol–water partition coefficient (Wildman–Crippen LogP) is 3.37. The molecule has 1 saturated heterocycles. The summed E-state index contributed by atoms with van der Waals surface area (Å²) in [6.45, 7) is 1.20. The molecule has 1 aliphatic heterocycles. The van der Waals surface area contributed by atoms with Gasteiger partial charge in [-0.25, -0.2) is 9.37 Å². The Hall–Kier alpha value is -2.44. The Kier molecular flexibility index (Phi) is 5.33. The minimum Gasteiger partial charge on any atom is -0.481 e. The molecule has 1 aliphatic carbocycles. The Morgan fingerprint density at radius 1 is 1.21 bits per heavy atom. The molecule has 2 aliphatic rings. The van der Waals surface area contributed by atoms with Crippen molar-refractivity contribution in [2.24, 2.45) is 17.8 Å². The van der Waals surface area contributed by atoms with Crippen LogP contribution in [0.1, 0.15) is 44.3 Å². The second-order valence-corrected chi connectivity index (χ2v) is 8.22. The molecule has 2 fully saturated rings. The van der Waals surface area contributed by atoms with Gasteiger partial charge in [0.05, 0.1) is 11.0 Å². The van der Waals surface area contributed by atoms with Crippen molar-refractivity contribution in [2.75, 3.05) is 13.1 Å². The Morgan fingerprint density at radius 3 is 2.75 bits per heavy atom. The number of likely N-dealkylation sites (tertiary alicyclic amines) is 1. The fourth-order valence-corrected chi connectivity index (χ4v) is 4.82. The number of fused-ring (bicyclic) bond motifs is 1. The van der Waals surface area contributed by atoms with E-state index < -0.39 is 5.97 Å². The Balaban J connectivity index is 1.51. The summed E-state index contributed by atoms with van der Waals surface area (Å²) >= 11 is 0. The van der Waals surface area contributed by atoms with Crippen molar-refractivity contribution in [3.63, 3.8) is 0 Å². The number of amides is 1. The van der Waals surface area contributed by atoms with E-state index in [2.05, 4.69) is 9.97 Å². The summed E-state index contributed by atoms with van der Waals surface area (Å²) in [5, 5.41) is 9.30. The van der Waals surface area contributed by atoms with Crippen LogP contribution in [0.2, 0.25) is 0 Å². The highest BCUT2D eigenvalue weighted by Crippen LogP contribution is 2.33. The number of imidazole rings is 1. The summed E-state index contributed by atoms with van der Waals surface area (Å²) in [4.78, 5) is 33.8.